The molecule has 0 unspecified atom stereocenters. The lowest BCUT2D eigenvalue weighted by Gasteiger charge is -2.13. The van der Waals surface area contributed by atoms with Crippen LogP contribution >= 0.6 is 7.60 Å². The minimum atomic E-state index is -4.97. The van der Waals surface area contributed by atoms with Crippen molar-refractivity contribution < 1.29 is 19.1 Å². The predicted octanol–water partition coefficient (Wildman–Crippen LogP) is 1.00. The normalized spacial score (nSPS) is 11.3. The van der Waals surface area contributed by atoms with E-state index < -0.39 is 24.1 Å². The van der Waals surface area contributed by atoms with E-state index in [0.29, 0.717) is 15.9 Å². The molecule has 0 spiro atoms. The summed E-state index contributed by atoms with van der Waals surface area (Å²) >= 11 is 0. The summed E-state index contributed by atoms with van der Waals surface area (Å²) in [4.78, 5) is 47.1. The molecule has 0 bridgehead atoms. The highest BCUT2D eigenvalue weighted by Crippen LogP contribution is 2.35. The van der Waals surface area contributed by atoms with Gasteiger partial charge in [-0.2, -0.15) is 0 Å². The van der Waals surface area contributed by atoms with Gasteiger partial charge in [-0.3, -0.25) is 9.36 Å². The summed E-state index contributed by atoms with van der Waals surface area (Å²) in [6.45, 7) is 0. The van der Waals surface area contributed by atoms with Crippen LogP contribution in [0.5, 0.6) is 5.75 Å². The standard InChI is InChI=1S/C17H15N2O6P/c1-25-13-9-7-12(8-10-13)19-16(20)15(26(22,23)24)14(18-17(19)21)11-5-3-2-4-6-11/h2-10H,1H3,(H,18,21)(H2,22,23,24). The van der Waals surface area contributed by atoms with E-state index in [1.807, 2.05) is 0 Å². The Hall–Kier alpha value is -2.93. The molecular weight excluding hydrogens is 359 g/mol. The number of benzene rings is 2. The third kappa shape index (κ3) is 3.25. The van der Waals surface area contributed by atoms with E-state index in [-0.39, 0.29) is 11.4 Å². The molecule has 0 saturated carbocycles. The fourth-order valence-electron chi connectivity index (χ4n) is 2.58. The lowest BCUT2D eigenvalue weighted by Crippen LogP contribution is -2.44. The average Bonchev–Trinajstić information content (AvgIpc) is 2.61. The lowest BCUT2D eigenvalue weighted by molar-refractivity contribution is 0.387. The molecule has 8 nitrogen and oxygen atoms in total. The first-order valence-electron chi connectivity index (χ1n) is 7.48. The van der Waals surface area contributed by atoms with E-state index in [4.69, 9.17) is 4.74 Å². The molecule has 0 aliphatic heterocycles. The summed E-state index contributed by atoms with van der Waals surface area (Å²) < 4.78 is 17.7. The highest BCUT2D eigenvalue weighted by molar-refractivity contribution is 7.60. The van der Waals surface area contributed by atoms with Gasteiger partial charge in [0.2, 0.25) is 0 Å². The molecule has 0 atom stereocenters. The second kappa shape index (κ2) is 6.76. The number of H-pyrrole nitrogens is 1. The first-order chi connectivity index (χ1) is 12.3. The predicted molar refractivity (Wildman–Crippen MR) is 96.3 cm³/mol. The minimum absolute atomic E-state index is 0.159. The molecule has 134 valence electrons. The molecule has 0 aliphatic carbocycles. The SMILES string of the molecule is COc1ccc(-n2c(=O)[nH]c(-c3ccccc3)c(P(=O)(O)O)c2=O)cc1. The highest BCUT2D eigenvalue weighted by Gasteiger charge is 2.30. The van der Waals surface area contributed by atoms with Gasteiger partial charge in [0.25, 0.3) is 5.56 Å². The molecule has 1 heterocycles. The van der Waals surface area contributed by atoms with Gasteiger partial charge in [-0.25, -0.2) is 9.36 Å². The zero-order valence-corrected chi connectivity index (χ0v) is 14.5. The molecule has 2 aromatic carbocycles. The van der Waals surface area contributed by atoms with Crippen molar-refractivity contribution in [2.24, 2.45) is 0 Å². The van der Waals surface area contributed by atoms with Crippen LogP contribution in [0.4, 0.5) is 0 Å². The summed E-state index contributed by atoms with van der Waals surface area (Å²) in [7, 11) is -3.50. The van der Waals surface area contributed by atoms with Gasteiger partial charge in [-0.1, -0.05) is 30.3 Å². The van der Waals surface area contributed by atoms with Gasteiger partial charge in [-0.05, 0) is 29.8 Å². The molecule has 0 aliphatic rings. The Kier molecular flexibility index (Phi) is 4.65. The minimum Gasteiger partial charge on any atom is -0.497 e. The molecule has 26 heavy (non-hydrogen) atoms. The number of rotatable bonds is 4. The molecule has 9 heteroatoms. The third-order valence-corrected chi connectivity index (χ3v) is 4.76. The molecule has 3 rings (SSSR count). The number of nitrogens with one attached hydrogen (secondary N) is 1. The summed E-state index contributed by atoms with van der Waals surface area (Å²) in [6, 6.07) is 14.0. The number of aromatic nitrogens is 2. The Morgan fingerprint density at radius 2 is 1.62 bits per heavy atom. The van der Waals surface area contributed by atoms with Gasteiger partial charge in [-0.15, -0.1) is 0 Å². The maximum atomic E-state index is 12.8. The molecule has 3 N–H and O–H groups in total. The molecule has 0 saturated heterocycles. The van der Waals surface area contributed by atoms with E-state index in [2.05, 4.69) is 4.98 Å². The van der Waals surface area contributed by atoms with Gasteiger partial charge >= 0.3 is 13.3 Å². The second-order valence-electron chi connectivity index (χ2n) is 5.40. The van der Waals surface area contributed by atoms with Crippen molar-refractivity contribution in [3.63, 3.8) is 0 Å². The van der Waals surface area contributed by atoms with Crippen molar-refractivity contribution in [2.75, 3.05) is 7.11 Å². The van der Waals surface area contributed by atoms with Crippen LogP contribution < -0.4 is 21.3 Å². The Morgan fingerprint density at radius 3 is 2.15 bits per heavy atom. The molecule has 0 radical (unpaired) electrons. The van der Waals surface area contributed by atoms with Crippen LogP contribution in [0.15, 0.2) is 64.2 Å². The molecule has 0 amide bonds. The summed E-state index contributed by atoms with van der Waals surface area (Å²) in [5.74, 6) is 0.509. The van der Waals surface area contributed by atoms with E-state index in [1.54, 1.807) is 30.3 Å². The van der Waals surface area contributed by atoms with Crippen molar-refractivity contribution in [1.29, 1.82) is 0 Å². The van der Waals surface area contributed by atoms with Crippen LogP contribution in [0.1, 0.15) is 0 Å². The zero-order valence-electron chi connectivity index (χ0n) is 13.6. The first kappa shape index (κ1) is 17.9. The number of nitrogens with zero attached hydrogens (tertiary/aromatic N) is 1. The second-order valence-corrected chi connectivity index (χ2v) is 6.94. The first-order valence-corrected chi connectivity index (χ1v) is 9.09. The Balaban J connectivity index is 2.34. The quantitative estimate of drug-likeness (QED) is 0.586. The molecule has 3 aromatic rings. The van der Waals surface area contributed by atoms with Gasteiger partial charge in [0.05, 0.1) is 18.5 Å². The number of hydrogen-bond donors (Lipinski definition) is 3. The van der Waals surface area contributed by atoms with Gasteiger partial charge in [0.15, 0.2) is 5.30 Å². The van der Waals surface area contributed by atoms with Gasteiger partial charge < -0.3 is 19.5 Å². The number of hydrogen-bond acceptors (Lipinski definition) is 4. The van der Waals surface area contributed by atoms with E-state index in [9.17, 15) is 23.9 Å². The Morgan fingerprint density at radius 1 is 1.00 bits per heavy atom. The van der Waals surface area contributed by atoms with Crippen LogP contribution in [0.3, 0.4) is 0 Å². The average molecular weight is 374 g/mol. The Labute approximate surface area is 147 Å². The number of aromatic amines is 1. The van der Waals surface area contributed by atoms with Crippen molar-refractivity contribution in [2.45, 2.75) is 0 Å². The van der Waals surface area contributed by atoms with Gasteiger partial charge in [0.1, 0.15) is 5.75 Å². The summed E-state index contributed by atoms with van der Waals surface area (Å²) in [5.41, 5.74) is -1.60. The molecular formula is C17H15N2O6P. The van der Waals surface area contributed by atoms with E-state index in [1.165, 1.54) is 31.4 Å². The summed E-state index contributed by atoms with van der Waals surface area (Å²) in [6.07, 6.45) is 0. The van der Waals surface area contributed by atoms with Crippen LogP contribution in [-0.2, 0) is 4.57 Å². The molecule has 0 fully saturated rings. The topological polar surface area (TPSA) is 122 Å². The number of methoxy groups -OCH3 is 1. The van der Waals surface area contributed by atoms with Crippen molar-refractivity contribution in [3.05, 3.63) is 75.4 Å². The van der Waals surface area contributed by atoms with Crippen molar-refractivity contribution in [3.8, 4) is 22.7 Å². The van der Waals surface area contributed by atoms with Crippen molar-refractivity contribution in [1.82, 2.24) is 9.55 Å². The maximum Gasteiger partial charge on any atom is 0.363 e. The van der Waals surface area contributed by atoms with Crippen LogP contribution in [0.25, 0.3) is 16.9 Å². The van der Waals surface area contributed by atoms with Gasteiger partial charge in [0, 0.05) is 0 Å². The van der Waals surface area contributed by atoms with Crippen LogP contribution in [0.2, 0.25) is 0 Å². The van der Waals surface area contributed by atoms with E-state index in [0.717, 1.165) is 0 Å². The van der Waals surface area contributed by atoms with E-state index >= 15 is 0 Å². The highest BCUT2D eigenvalue weighted by atomic mass is 31.2. The number of ether oxygens (including phenoxy) is 1. The van der Waals surface area contributed by atoms with Crippen molar-refractivity contribution >= 4 is 12.9 Å². The molecule has 1 aromatic heterocycles. The fourth-order valence-corrected chi connectivity index (χ4v) is 3.40. The summed E-state index contributed by atoms with van der Waals surface area (Å²) in [5, 5.41) is -0.765. The maximum absolute atomic E-state index is 12.8. The largest absolute Gasteiger partial charge is 0.497 e. The fraction of sp³-hybridized carbons (Fsp3) is 0.0588. The zero-order chi connectivity index (χ0) is 18.9. The smallest absolute Gasteiger partial charge is 0.363 e. The van der Waals surface area contributed by atoms with Crippen LogP contribution in [0, 0.1) is 0 Å². The monoisotopic (exact) mass is 374 g/mol. The Bertz CT molecular complexity index is 1100. The third-order valence-electron chi connectivity index (χ3n) is 3.76. The lowest BCUT2D eigenvalue weighted by atomic mass is 10.1. The van der Waals surface area contributed by atoms with Crippen LogP contribution in [-0.4, -0.2) is 26.4 Å².